The Morgan fingerprint density at radius 3 is 2.43 bits per heavy atom. The summed E-state index contributed by atoms with van der Waals surface area (Å²) in [5.74, 6) is -1.66. The number of carbonyl (C=O) groups excluding carboxylic acids is 3. The number of hydrogen-bond acceptors (Lipinski definition) is 4. The number of esters is 1. The molecule has 0 radical (unpaired) electrons. The van der Waals surface area contributed by atoms with Gasteiger partial charge in [-0.1, -0.05) is 43.6 Å². The molecule has 1 aromatic rings. The summed E-state index contributed by atoms with van der Waals surface area (Å²) >= 11 is 5.95. The maximum atomic E-state index is 11.9. The molecule has 0 heterocycles. The first-order chi connectivity index (χ1) is 9.81. The van der Waals surface area contributed by atoms with Crippen LogP contribution in [-0.4, -0.2) is 24.0 Å². The predicted octanol–water partition coefficient (Wildman–Crippen LogP) is 1.65. The zero-order valence-electron chi connectivity index (χ0n) is 11.8. The van der Waals surface area contributed by atoms with Crippen LogP contribution in [0.4, 0.5) is 4.79 Å². The Labute approximate surface area is 127 Å². The highest BCUT2D eigenvalue weighted by Crippen LogP contribution is 2.17. The van der Waals surface area contributed by atoms with Gasteiger partial charge in [-0.15, -0.1) is 0 Å². The van der Waals surface area contributed by atoms with Crippen molar-refractivity contribution in [2.75, 3.05) is 0 Å². The zero-order chi connectivity index (χ0) is 16.0. The third-order valence-electron chi connectivity index (χ3n) is 2.66. The molecule has 3 N–H and O–H groups in total. The average Bonchev–Trinajstić information content (AvgIpc) is 2.37. The first-order valence-corrected chi connectivity index (χ1v) is 6.72. The van der Waals surface area contributed by atoms with Crippen LogP contribution in [-0.2, 0) is 20.7 Å². The summed E-state index contributed by atoms with van der Waals surface area (Å²) in [6.45, 7) is 3.38. The van der Waals surface area contributed by atoms with Crippen LogP contribution in [0.15, 0.2) is 24.3 Å². The number of nitrogens with one attached hydrogen (secondary N) is 1. The van der Waals surface area contributed by atoms with E-state index >= 15 is 0 Å². The number of urea groups is 1. The van der Waals surface area contributed by atoms with Crippen molar-refractivity contribution >= 4 is 29.5 Å². The lowest BCUT2D eigenvalue weighted by atomic mass is 10.1. The SMILES string of the molecule is CC(C)[C@H](OC(=O)Cc1ccccc1Cl)C(=O)NC(N)=O. The van der Waals surface area contributed by atoms with Gasteiger partial charge in [-0.05, 0) is 17.5 Å². The van der Waals surface area contributed by atoms with E-state index in [4.69, 9.17) is 22.1 Å². The average molecular weight is 313 g/mol. The van der Waals surface area contributed by atoms with Gasteiger partial charge in [0.25, 0.3) is 5.91 Å². The largest absolute Gasteiger partial charge is 0.452 e. The molecular weight excluding hydrogens is 296 g/mol. The van der Waals surface area contributed by atoms with E-state index in [-0.39, 0.29) is 12.3 Å². The number of rotatable bonds is 5. The van der Waals surface area contributed by atoms with Gasteiger partial charge in [-0.2, -0.15) is 0 Å². The molecule has 0 unspecified atom stereocenters. The summed E-state index contributed by atoms with van der Waals surface area (Å²) in [7, 11) is 0. The van der Waals surface area contributed by atoms with Crippen LogP contribution in [0.5, 0.6) is 0 Å². The van der Waals surface area contributed by atoms with Gasteiger partial charge in [0.1, 0.15) is 0 Å². The van der Waals surface area contributed by atoms with Crippen molar-refractivity contribution in [2.45, 2.75) is 26.4 Å². The first kappa shape index (κ1) is 17.0. The van der Waals surface area contributed by atoms with Crippen LogP contribution >= 0.6 is 11.6 Å². The van der Waals surface area contributed by atoms with Gasteiger partial charge in [-0.3, -0.25) is 14.9 Å². The molecule has 21 heavy (non-hydrogen) atoms. The fraction of sp³-hybridized carbons (Fsp3) is 0.357. The van der Waals surface area contributed by atoms with Crippen LogP contribution in [0.3, 0.4) is 0 Å². The van der Waals surface area contributed by atoms with Crippen LogP contribution in [0.2, 0.25) is 5.02 Å². The van der Waals surface area contributed by atoms with Gasteiger partial charge in [0.15, 0.2) is 6.10 Å². The molecule has 0 aliphatic heterocycles. The van der Waals surface area contributed by atoms with Crippen molar-refractivity contribution < 1.29 is 19.1 Å². The molecular formula is C14H17ClN2O4. The molecule has 1 atom stereocenters. The minimum atomic E-state index is -1.09. The van der Waals surface area contributed by atoms with Crippen molar-refractivity contribution in [3.05, 3.63) is 34.9 Å². The number of ether oxygens (including phenoxy) is 1. The number of hydrogen-bond donors (Lipinski definition) is 2. The Bertz CT molecular complexity index is 546. The fourth-order valence-corrected chi connectivity index (χ4v) is 1.87. The number of benzene rings is 1. The van der Waals surface area contributed by atoms with E-state index in [0.717, 1.165) is 0 Å². The second-order valence-corrected chi connectivity index (χ2v) is 5.18. The number of carbonyl (C=O) groups is 3. The molecule has 0 saturated heterocycles. The van der Waals surface area contributed by atoms with Crippen molar-refractivity contribution in [2.24, 2.45) is 11.7 Å². The van der Waals surface area contributed by atoms with Gasteiger partial charge in [0.2, 0.25) is 0 Å². The van der Waals surface area contributed by atoms with E-state index in [1.54, 1.807) is 38.1 Å². The summed E-state index contributed by atoms with van der Waals surface area (Å²) in [4.78, 5) is 34.3. The normalized spacial score (nSPS) is 11.8. The standard InChI is InChI=1S/C14H17ClN2O4/c1-8(2)12(13(19)17-14(16)20)21-11(18)7-9-5-3-4-6-10(9)15/h3-6,8,12H,7H2,1-2H3,(H3,16,17,19,20)/t12-/m0/s1. The highest BCUT2D eigenvalue weighted by molar-refractivity contribution is 6.31. The molecule has 0 aliphatic carbocycles. The van der Waals surface area contributed by atoms with Crippen molar-refractivity contribution in [1.82, 2.24) is 5.32 Å². The topological polar surface area (TPSA) is 98.5 Å². The van der Waals surface area contributed by atoms with E-state index in [1.807, 2.05) is 5.32 Å². The Kier molecular flexibility index (Phi) is 6.17. The monoisotopic (exact) mass is 312 g/mol. The van der Waals surface area contributed by atoms with E-state index in [0.29, 0.717) is 10.6 Å². The lowest BCUT2D eigenvalue weighted by Crippen LogP contribution is -2.45. The molecule has 0 aromatic heterocycles. The van der Waals surface area contributed by atoms with Crippen LogP contribution in [0.1, 0.15) is 19.4 Å². The van der Waals surface area contributed by atoms with Gasteiger partial charge < -0.3 is 10.5 Å². The first-order valence-electron chi connectivity index (χ1n) is 6.34. The smallest absolute Gasteiger partial charge is 0.318 e. The Hall–Kier alpha value is -2.08. The molecule has 0 spiro atoms. The second kappa shape index (κ2) is 7.64. The summed E-state index contributed by atoms with van der Waals surface area (Å²) in [5, 5.41) is 2.34. The van der Waals surface area contributed by atoms with Gasteiger partial charge in [0.05, 0.1) is 6.42 Å². The van der Waals surface area contributed by atoms with Gasteiger partial charge in [-0.25, -0.2) is 4.79 Å². The lowest BCUT2D eigenvalue weighted by molar-refractivity contribution is -0.157. The fourth-order valence-electron chi connectivity index (χ4n) is 1.67. The highest BCUT2D eigenvalue weighted by Gasteiger charge is 2.27. The minimum absolute atomic E-state index is 0.0628. The van der Waals surface area contributed by atoms with E-state index in [9.17, 15) is 14.4 Å². The molecule has 6 nitrogen and oxygen atoms in total. The minimum Gasteiger partial charge on any atom is -0.452 e. The molecule has 1 rings (SSSR count). The molecule has 7 heteroatoms. The molecule has 1 aromatic carbocycles. The van der Waals surface area contributed by atoms with Crippen LogP contribution < -0.4 is 11.1 Å². The molecule has 114 valence electrons. The summed E-state index contributed by atoms with van der Waals surface area (Å²) in [5.41, 5.74) is 5.48. The van der Waals surface area contributed by atoms with E-state index in [1.165, 1.54) is 0 Å². The molecule has 3 amide bonds. The Balaban J connectivity index is 2.71. The highest BCUT2D eigenvalue weighted by atomic mass is 35.5. The van der Waals surface area contributed by atoms with Crippen LogP contribution in [0.25, 0.3) is 0 Å². The maximum absolute atomic E-state index is 11.9. The van der Waals surface area contributed by atoms with Crippen LogP contribution in [0, 0.1) is 5.92 Å². The summed E-state index contributed by atoms with van der Waals surface area (Å²) in [6, 6.07) is 5.84. The van der Waals surface area contributed by atoms with E-state index in [2.05, 4.69) is 0 Å². The van der Waals surface area contributed by atoms with Gasteiger partial charge >= 0.3 is 12.0 Å². The van der Waals surface area contributed by atoms with Crippen molar-refractivity contribution in [1.29, 1.82) is 0 Å². The quantitative estimate of drug-likeness (QED) is 0.807. The maximum Gasteiger partial charge on any atom is 0.318 e. The summed E-state index contributed by atoms with van der Waals surface area (Å²) in [6.07, 6.45) is -1.15. The lowest BCUT2D eigenvalue weighted by Gasteiger charge is -2.20. The molecule has 0 fully saturated rings. The number of halogens is 1. The number of primary amides is 1. The molecule has 0 bridgehead atoms. The molecule has 0 aliphatic rings. The number of imide groups is 1. The number of nitrogens with two attached hydrogens (primary N) is 1. The third-order valence-corrected chi connectivity index (χ3v) is 3.03. The zero-order valence-corrected chi connectivity index (χ0v) is 12.5. The predicted molar refractivity (Wildman–Crippen MR) is 77.6 cm³/mol. The second-order valence-electron chi connectivity index (χ2n) is 4.78. The number of amides is 3. The summed E-state index contributed by atoms with van der Waals surface area (Å²) < 4.78 is 5.12. The van der Waals surface area contributed by atoms with Gasteiger partial charge in [0, 0.05) is 5.02 Å². The van der Waals surface area contributed by atoms with E-state index < -0.39 is 24.0 Å². The Morgan fingerprint density at radius 1 is 1.29 bits per heavy atom. The van der Waals surface area contributed by atoms with Crippen molar-refractivity contribution in [3.8, 4) is 0 Å². The molecule has 0 saturated carbocycles. The Morgan fingerprint density at radius 2 is 1.90 bits per heavy atom. The third kappa shape index (κ3) is 5.43. The van der Waals surface area contributed by atoms with Crippen molar-refractivity contribution in [3.63, 3.8) is 0 Å².